The molecule has 88 valence electrons. The second kappa shape index (κ2) is 4.96. The largest absolute Gasteiger partial charge is 0.326 e. The number of benzene rings is 1. The van der Waals surface area contributed by atoms with E-state index in [1.807, 2.05) is 24.3 Å². The van der Waals surface area contributed by atoms with Crippen LogP contribution in [0.4, 0.5) is 10.5 Å². The van der Waals surface area contributed by atoms with Crippen LogP contribution in [0.3, 0.4) is 0 Å². The van der Waals surface area contributed by atoms with Gasteiger partial charge < -0.3 is 0 Å². The third-order valence-electron chi connectivity index (χ3n) is 2.00. The molecule has 0 aliphatic carbocycles. The van der Waals surface area contributed by atoms with Gasteiger partial charge in [0.2, 0.25) is 5.91 Å². The predicted molar refractivity (Wildman–Crippen MR) is 66.5 cm³/mol. The molecule has 1 aliphatic heterocycles. The number of anilines is 1. The van der Waals surface area contributed by atoms with Crippen LogP contribution in [0.5, 0.6) is 0 Å². The monoisotopic (exact) mass is 296 g/mol. The number of hydrogen-bond acceptors (Lipinski definition) is 4. The first-order valence-corrected chi connectivity index (χ1v) is 5.62. The molecular formula is C10H9BrN4O2. The van der Waals surface area contributed by atoms with E-state index < -0.39 is 6.03 Å². The molecule has 3 N–H and O–H groups in total. The maximum absolute atomic E-state index is 11.1. The number of rotatable bonds is 2. The molecule has 1 saturated heterocycles. The highest BCUT2D eigenvalue weighted by Gasteiger charge is 2.19. The van der Waals surface area contributed by atoms with Crippen molar-refractivity contribution in [2.75, 3.05) is 5.43 Å². The fraction of sp³-hybridized carbons (Fsp3) is 0.100. The number of hydrazone groups is 1. The molecule has 0 bridgehead atoms. The summed E-state index contributed by atoms with van der Waals surface area (Å²) in [7, 11) is 0. The lowest BCUT2D eigenvalue weighted by atomic mass is 10.3. The van der Waals surface area contributed by atoms with E-state index in [1.54, 1.807) is 0 Å². The van der Waals surface area contributed by atoms with E-state index in [9.17, 15) is 9.59 Å². The molecule has 0 atom stereocenters. The maximum Gasteiger partial charge on any atom is 0.326 e. The summed E-state index contributed by atoms with van der Waals surface area (Å²) in [6, 6.07) is 6.79. The number of amides is 3. The topological polar surface area (TPSA) is 82.6 Å². The number of imide groups is 1. The lowest BCUT2D eigenvalue weighted by Crippen LogP contribution is -2.50. The highest BCUT2D eigenvalue weighted by Crippen LogP contribution is 2.13. The van der Waals surface area contributed by atoms with Crippen molar-refractivity contribution < 1.29 is 9.59 Å². The summed E-state index contributed by atoms with van der Waals surface area (Å²) in [5, 5.41) is 8.49. The molecule has 0 aromatic heterocycles. The van der Waals surface area contributed by atoms with E-state index in [4.69, 9.17) is 0 Å². The van der Waals surface area contributed by atoms with E-state index in [-0.39, 0.29) is 12.3 Å². The summed E-state index contributed by atoms with van der Waals surface area (Å²) >= 11 is 3.32. The SMILES string of the molecule is O=C1CC(=NNc2ccc(Br)cc2)NC(=O)N1. The number of carbonyl (C=O) groups excluding carboxylic acids is 2. The minimum atomic E-state index is -0.558. The predicted octanol–water partition coefficient (Wildman–Crippen LogP) is 1.40. The first-order chi connectivity index (χ1) is 8.13. The van der Waals surface area contributed by atoms with Crippen molar-refractivity contribution in [2.24, 2.45) is 5.10 Å². The summed E-state index contributed by atoms with van der Waals surface area (Å²) in [6.07, 6.45) is 0.0509. The maximum atomic E-state index is 11.1. The number of carbonyl (C=O) groups is 2. The zero-order valence-electron chi connectivity index (χ0n) is 8.66. The van der Waals surface area contributed by atoms with Crippen molar-refractivity contribution in [2.45, 2.75) is 6.42 Å². The van der Waals surface area contributed by atoms with Crippen LogP contribution >= 0.6 is 15.9 Å². The third kappa shape index (κ3) is 3.28. The molecule has 17 heavy (non-hydrogen) atoms. The third-order valence-corrected chi connectivity index (χ3v) is 2.53. The second-order valence-electron chi connectivity index (χ2n) is 3.36. The normalized spacial score (nSPS) is 17.6. The summed E-state index contributed by atoms with van der Waals surface area (Å²) < 4.78 is 0.959. The van der Waals surface area contributed by atoms with Crippen molar-refractivity contribution in [1.29, 1.82) is 0 Å². The average Bonchev–Trinajstić information content (AvgIpc) is 2.27. The Balaban J connectivity index is 2.02. The molecule has 0 unspecified atom stereocenters. The van der Waals surface area contributed by atoms with Gasteiger partial charge in [0.1, 0.15) is 5.84 Å². The van der Waals surface area contributed by atoms with Crippen LogP contribution in [0, 0.1) is 0 Å². The zero-order valence-corrected chi connectivity index (χ0v) is 10.2. The number of nitrogens with zero attached hydrogens (tertiary/aromatic N) is 1. The van der Waals surface area contributed by atoms with Crippen LogP contribution in [-0.2, 0) is 4.79 Å². The van der Waals surface area contributed by atoms with E-state index in [0.717, 1.165) is 10.2 Å². The first kappa shape index (κ1) is 11.6. The number of nitrogens with one attached hydrogen (secondary N) is 3. The minimum Gasteiger partial charge on any atom is -0.294 e. The van der Waals surface area contributed by atoms with Crippen molar-refractivity contribution in [1.82, 2.24) is 10.6 Å². The van der Waals surface area contributed by atoms with Gasteiger partial charge in [-0.1, -0.05) is 15.9 Å². The quantitative estimate of drug-likeness (QED) is 0.722. The lowest BCUT2D eigenvalue weighted by molar-refractivity contribution is -0.119. The van der Waals surface area contributed by atoms with Gasteiger partial charge in [0.25, 0.3) is 0 Å². The molecule has 1 aliphatic rings. The minimum absolute atomic E-state index is 0.0509. The van der Waals surface area contributed by atoms with Crippen LogP contribution in [0.15, 0.2) is 33.8 Å². The van der Waals surface area contributed by atoms with Gasteiger partial charge in [0.05, 0.1) is 12.1 Å². The van der Waals surface area contributed by atoms with Gasteiger partial charge in [-0.2, -0.15) is 5.10 Å². The molecule has 7 heteroatoms. The fourth-order valence-electron chi connectivity index (χ4n) is 1.25. The molecule has 0 saturated carbocycles. The Labute approximate surface area is 106 Å². The Morgan fingerprint density at radius 1 is 1.18 bits per heavy atom. The van der Waals surface area contributed by atoms with Crippen molar-refractivity contribution in [3.8, 4) is 0 Å². The van der Waals surface area contributed by atoms with Gasteiger partial charge in [-0.25, -0.2) is 4.79 Å². The fourth-order valence-corrected chi connectivity index (χ4v) is 1.52. The number of urea groups is 1. The van der Waals surface area contributed by atoms with Gasteiger partial charge in [0, 0.05) is 4.47 Å². The van der Waals surface area contributed by atoms with E-state index in [0.29, 0.717) is 5.84 Å². The van der Waals surface area contributed by atoms with Gasteiger partial charge in [-0.3, -0.25) is 20.9 Å². The molecule has 6 nitrogen and oxygen atoms in total. The summed E-state index contributed by atoms with van der Waals surface area (Å²) in [6.45, 7) is 0. The molecular weight excluding hydrogens is 288 g/mol. The number of hydrogen-bond donors (Lipinski definition) is 3. The summed E-state index contributed by atoms with van der Waals surface area (Å²) in [5.41, 5.74) is 3.52. The highest BCUT2D eigenvalue weighted by molar-refractivity contribution is 9.10. The van der Waals surface area contributed by atoms with Gasteiger partial charge in [-0.15, -0.1) is 0 Å². The molecule has 1 fully saturated rings. The smallest absolute Gasteiger partial charge is 0.294 e. The van der Waals surface area contributed by atoms with E-state index in [2.05, 4.69) is 37.1 Å². The Morgan fingerprint density at radius 3 is 2.53 bits per heavy atom. The van der Waals surface area contributed by atoms with Crippen LogP contribution < -0.4 is 16.1 Å². The lowest BCUT2D eigenvalue weighted by Gasteiger charge is -2.14. The molecule has 0 radical (unpaired) electrons. The zero-order chi connectivity index (χ0) is 12.3. The Morgan fingerprint density at radius 2 is 1.88 bits per heavy atom. The van der Waals surface area contributed by atoms with Crippen molar-refractivity contribution in [3.63, 3.8) is 0 Å². The molecule has 3 amide bonds. The first-order valence-electron chi connectivity index (χ1n) is 4.82. The van der Waals surface area contributed by atoms with Gasteiger partial charge in [-0.05, 0) is 24.3 Å². The standard InChI is InChI=1S/C10H9BrN4O2/c11-6-1-3-7(4-2-6)14-15-8-5-9(16)13-10(17)12-8/h1-4,14H,5H2,(H2,12,13,15,16,17). The van der Waals surface area contributed by atoms with Crippen LogP contribution in [0.2, 0.25) is 0 Å². The molecule has 1 aromatic rings. The second-order valence-corrected chi connectivity index (χ2v) is 4.27. The number of halogens is 1. The molecule has 1 aromatic carbocycles. The van der Waals surface area contributed by atoms with Gasteiger partial charge in [0.15, 0.2) is 0 Å². The number of amidine groups is 1. The van der Waals surface area contributed by atoms with Gasteiger partial charge >= 0.3 is 6.03 Å². The Hall–Kier alpha value is -1.89. The van der Waals surface area contributed by atoms with E-state index in [1.165, 1.54) is 0 Å². The van der Waals surface area contributed by atoms with Crippen molar-refractivity contribution in [3.05, 3.63) is 28.7 Å². The molecule has 1 heterocycles. The Kier molecular flexibility index (Phi) is 3.38. The molecule has 2 rings (SSSR count). The van der Waals surface area contributed by atoms with E-state index >= 15 is 0 Å². The summed E-state index contributed by atoms with van der Waals surface area (Å²) in [4.78, 5) is 22.0. The average molecular weight is 297 g/mol. The highest BCUT2D eigenvalue weighted by atomic mass is 79.9. The van der Waals surface area contributed by atoms with Crippen LogP contribution in [0.1, 0.15) is 6.42 Å². The van der Waals surface area contributed by atoms with Crippen LogP contribution in [-0.4, -0.2) is 17.8 Å². The molecule has 0 spiro atoms. The van der Waals surface area contributed by atoms with Crippen molar-refractivity contribution >= 4 is 39.4 Å². The Bertz CT molecular complexity index is 466. The summed E-state index contributed by atoms with van der Waals surface area (Å²) in [5.74, 6) is -0.0771. The van der Waals surface area contributed by atoms with Crippen LogP contribution in [0.25, 0.3) is 0 Å².